The second-order valence-corrected chi connectivity index (χ2v) is 8.77. The van der Waals surface area contributed by atoms with Gasteiger partial charge in [-0.1, -0.05) is 25.5 Å². The van der Waals surface area contributed by atoms with E-state index < -0.39 is 0 Å². The zero-order valence-electron chi connectivity index (χ0n) is 18.6. The van der Waals surface area contributed by atoms with Crippen molar-refractivity contribution in [2.75, 3.05) is 40.0 Å². The lowest BCUT2D eigenvalue weighted by Crippen LogP contribution is -2.47. The van der Waals surface area contributed by atoms with Crippen LogP contribution in [0.15, 0.2) is 24.3 Å². The summed E-state index contributed by atoms with van der Waals surface area (Å²) in [5.41, 5.74) is 0.997. The smallest absolute Gasteiger partial charge is 0.228 e. The summed E-state index contributed by atoms with van der Waals surface area (Å²) in [6.07, 6.45) is 3.94. The number of amides is 2. The first-order valence-electron chi connectivity index (χ1n) is 11.6. The molecule has 3 atom stereocenters. The van der Waals surface area contributed by atoms with Crippen LogP contribution in [-0.4, -0.2) is 67.9 Å². The molecular formula is C24H34N2O5. The van der Waals surface area contributed by atoms with Crippen LogP contribution in [0.2, 0.25) is 0 Å². The van der Waals surface area contributed by atoms with E-state index in [2.05, 4.69) is 6.92 Å². The lowest BCUT2D eigenvalue weighted by molar-refractivity contribution is -0.144. The van der Waals surface area contributed by atoms with E-state index in [1.54, 1.807) is 7.11 Å². The number of ether oxygens (including phenoxy) is 3. The summed E-state index contributed by atoms with van der Waals surface area (Å²) < 4.78 is 16.7. The second kappa shape index (κ2) is 10.0. The van der Waals surface area contributed by atoms with Gasteiger partial charge in [-0.2, -0.15) is 0 Å². The third kappa shape index (κ3) is 4.72. The van der Waals surface area contributed by atoms with E-state index in [9.17, 15) is 9.59 Å². The molecule has 0 aliphatic carbocycles. The fourth-order valence-electron chi connectivity index (χ4n) is 5.13. The number of nitrogens with zero attached hydrogens (tertiary/aromatic N) is 2. The van der Waals surface area contributed by atoms with Crippen molar-refractivity contribution < 1.29 is 23.8 Å². The Morgan fingerprint density at radius 3 is 2.61 bits per heavy atom. The summed E-state index contributed by atoms with van der Waals surface area (Å²) in [6.45, 7) is 5.42. The van der Waals surface area contributed by atoms with E-state index in [0.29, 0.717) is 26.3 Å². The van der Waals surface area contributed by atoms with Crippen LogP contribution in [0.5, 0.6) is 5.75 Å². The number of hydrogen-bond acceptors (Lipinski definition) is 5. The number of unbranched alkanes of at least 4 members (excludes halogenated alkanes) is 1. The quantitative estimate of drug-likeness (QED) is 0.665. The van der Waals surface area contributed by atoms with E-state index in [4.69, 9.17) is 14.2 Å². The SMILES string of the molecule is CCCCN1C(=O)CC(C(=O)N2CCCC(C3OCCO3)C2)C1c1ccc(OC)cc1. The predicted molar refractivity (Wildman–Crippen MR) is 115 cm³/mol. The molecule has 0 radical (unpaired) electrons. The van der Waals surface area contributed by atoms with Crippen LogP contribution in [0.4, 0.5) is 0 Å². The molecule has 3 heterocycles. The van der Waals surface area contributed by atoms with Crippen LogP contribution in [0.3, 0.4) is 0 Å². The molecular weight excluding hydrogens is 396 g/mol. The molecule has 31 heavy (non-hydrogen) atoms. The van der Waals surface area contributed by atoms with Crippen LogP contribution in [0.25, 0.3) is 0 Å². The van der Waals surface area contributed by atoms with Crippen molar-refractivity contribution in [1.29, 1.82) is 0 Å². The minimum Gasteiger partial charge on any atom is -0.497 e. The van der Waals surface area contributed by atoms with Crippen molar-refractivity contribution in [3.05, 3.63) is 29.8 Å². The van der Waals surface area contributed by atoms with Gasteiger partial charge in [-0.05, 0) is 37.0 Å². The summed E-state index contributed by atoms with van der Waals surface area (Å²) >= 11 is 0. The van der Waals surface area contributed by atoms with Gasteiger partial charge < -0.3 is 24.0 Å². The molecule has 0 N–H and O–H groups in total. The van der Waals surface area contributed by atoms with Gasteiger partial charge in [0.2, 0.25) is 11.8 Å². The lowest BCUT2D eigenvalue weighted by Gasteiger charge is -2.37. The molecule has 0 bridgehead atoms. The van der Waals surface area contributed by atoms with Gasteiger partial charge in [-0.15, -0.1) is 0 Å². The van der Waals surface area contributed by atoms with Gasteiger partial charge >= 0.3 is 0 Å². The number of rotatable bonds is 7. The summed E-state index contributed by atoms with van der Waals surface area (Å²) in [7, 11) is 1.64. The third-order valence-corrected chi connectivity index (χ3v) is 6.76. The Hall–Kier alpha value is -2.12. The molecule has 1 aromatic rings. The Morgan fingerprint density at radius 1 is 1.19 bits per heavy atom. The zero-order valence-corrected chi connectivity index (χ0v) is 18.6. The number of methoxy groups -OCH3 is 1. The molecule has 0 aromatic heterocycles. The van der Waals surface area contributed by atoms with Crippen molar-refractivity contribution in [3.8, 4) is 5.75 Å². The highest BCUT2D eigenvalue weighted by molar-refractivity contribution is 5.90. The number of carbonyl (C=O) groups is 2. The maximum absolute atomic E-state index is 13.7. The Morgan fingerprint density at radius 2 is 1.94 bits per heavy atom. The first-order valence-corrected chi connectivity index (χ1v) is 11.6. The minimum atomic E-state index is -0.359. The van der Waals surface area contributed by atoms with Crippen molar-refractivity contribution in [2.24, 2.45) is 11.8 Å². The fourth-order valence-corrected chi connectivity index (χ4v) is 5.13. The molecule has 1 aromatic carbocycles. The number of hydrogen-bond donors (Lipinski definition) is 0. The standard InChI is InChI=1S/C24H34N2O5/c1-3-4-12-26-21(27)15-20(22(26)17-7-9-19(29-2)10-8-17)23(28)25-11-5-6-18(16-25)24-30-13-14-31-24/h7-10,18,20,22,24H,3-6,11-16H2,1-2H3. The summed E-state index contributed by atoms with van der Waals surface area (Å²) in [5, 5.41) is 0. The Kier molecular flexibility index (Phi) is 7.13. The molecule has 7 nitrogen and oxygen atoms in total. The molecule has 0 spiro atoms. The Bertz CT molecular complexity index is 762. The van der Waals surface area contributed by atoms with Crippen molar-refractivity contribution in [3.63, 3.8) is 0 Å². The van der Waals surface area contributed by atoms with Gasteiger partial charge in [0.25, 0.3) is 0 Å². The van der Waals surface area contributed by atoms with Gasteiger partial charge in [-0.25, -0.2) is 0 Å². The summed E-state index contributed by atoms with van der Waals surface area (Å²) in [5.74, 6) is 0.765. The maximum Gasteiger partial charge on any atom is 0.228 e. The average Bonchev–Trinajstić information content (AvgIpc) is 3.46. The number of piperidine rings is 1. The summed E-state index contributed by atoms with van der Waals surface area (Å²) in [4.78, 5) is 30.5. The molecule has 170 valence electrons. The van der Waals surface area contributed by atoms with E-state index in [1.807, 2.05) is 34.1 Å². The first-order chi connectivity index (χ1) is 15.1. The third-order valence-electron chi connectivity index (χ3n) is 6.76. The predicted octanol–water partition coefficient (Wildman–Crippen LogP) is 3.00. The highest BCUT2D eigenvalue weighted by Gasteiger charge is 2.46. The first kappa shape index (κ1) is 22.1. The molecule has 7 heteroatoms. The molecule has 2 amide bonds. The highest BCUT2D eigenvalue weighted by atomic mass is 16.7. The van der Waals surface area contributed by atoms with Crippen molar-refractivity contribution in [1.82, 2.24) is 9.80 Å². The van der Waals surface area contributed by atoms with Crippen LogP contribution in [0, 0.1) is 11.8 Å². The molecule has 3 aliphatic heterocycles. The van der Waals surface area contributed by atoms with Gasteiger partial charge in [0, 0.05) is 32.0 Å². The maximum atomic E-state index is 13.7. The number of likely N-dealkylation sites (tertiary alicyclic amines) is 2. The second-order valence-electron chi connectivity index (χ2n) is 8.77. The fraction of sp³-hybridized carbons (Fsp3) is 0.667. The average molecular weight is 431 g/mol. The van der Waals surface area contributed by atoms with E-state index in [-0.39, 0.29) is 42.4 Å². The topological polar surface area (TPSA) is 68.3 Å². The van der Waals surface area contributed by atoms with Crippen LogP contribution in [-0.2, 0) is 19.1 Å². The number of benzene rings is 1. The molecule has 0 saturated carbocycles. The summed E-state index contributed by atoms with van der Waals surface area (Å²) in [6, 6.07) is 7.56. The van der Waals surface area contributed by atoms with E-state index in [0.717, 1.165) is 43.5 Å². The Labute approximate surface area is 184 Å². The molecule has 3 saturated heterocycles. The Balaban J connectivity index is 1.54. The zero-order chi connectivity index (χ0) is 21.8. The van der Waals surface area contributed by atoms with Crippen LogP contribution in [0.1, 0.15) is 50.6 Å². The molecule has 4 rings (SSSR count). The minimum absolute atomic E-state index is 0.0728. The monoisotopic (exact) mass is 430 g/mol. The number of carbonyl (C=O) groups excluding carboxylic acids is 2. The van der Waals surface area contributed by atoms with Crippen molar-refractivity contribution >= 4 is 11.8 Å². The molecule has 3 unspecified atom stereocenters. The van der Waals surface area contributed by atoms with Gasteiger partial charge in [0.1, 0.15) is 5.75 Å². The normalized spacial score (nSPS) is 27.2. The van der Waals surface area contributed by atoms with Crippen LogP contribution >= 0.6 is 0 Å². The van der Waals surface area contributed by atoms with E-state index in [1.165, 1.54) is 0 Å². The molecule has 3 aliphatic rings. The van der Waals surface area contributed by atoms with Crippen LogP contribution < -0.4 is 4.74 Å². The molecule has 3 fully saturated rings. The largest absolute Gasteiger partial charge is 0.497 e. The van der Waals surface area contributed by atoms with Crippen molar-refractivity contribution in [2.45, 2.75) is 51.4 Å². The van der Waals surface area contributed by atoms with Gasteiger partial charge in [0.15, 0.2) is 6.29 Å². The highest BCUT2D eigenvalue weighted by Crippen LogP contribution is 2.40. The lowest BCUT2D eigenvalue weighted by atomic mass is 9.90. The van der Waals surface area contributed by atoms with E-state index >= 15 is 0 Å². The van der Waals surface area contributed by atoms with Gasteiger partial charge in [-0.3, -0.25) is 9.59 Å². The van der Waals surface area contributed by atoms with Gasteiger partial charge in [0.05, 0.1) is 32.3 Å².